The van der Waals surface area contributed by atoms with Crippen molar-refractivity contribution in [1.29, 1.82) is 0 Å². The van der Waals surface area contributed by atoms with Gasteiger partial charge in [-0.15, -0.1) is 0 Å². The second-order valence-corrected chi connectivity index (χ2v) is 6.11. The van der Waals surface area contributed by atoms with Crippen molar-refractivity contribution in [2.24, 2.45) is 17.8 Å². The topological polar surface area (TPSA) is 21.3 Å². The molecule has 3 unspecified atom stereocenters. The summed E-state index contributed by atoms with van der Waals surface area (Å²) in [5.41, 5.74) is 0. The summed E-state index contributed by atoms with van der Waals surface area (Å²) in [6, 6.07) is 0.767. The van der Waals surface area contributed by atoms with Gasteiger partial charge in [-0.2, -0.15) is 0 Å². The number of hydrogen-bond acceptors (Lipinski definition) is 2. The molecule has 1 aliphatic carbocycles. The molecule has 1 saturated carbocycles. The Balaban J connectivity index is 1.91. The Kier molecular flexibility index (Phi) is 5.30. The molecule has 2 heteroatoms. The number of nitrogens with one attached hydrogen (secondary N) is 1. The highest BCUT2D eigenvalue weighted by molar-refractivity contribution is 4.88. The molecule has 0 spiro atoms. The fraction of sp³-hybridized carbons (Fsp3) is 1.00. The maximum atomic E-state index is 5.51. The second-order valence-electron chi connectivity index (χ2n) is 6.11. The van der Waals surface area contributed by atoms with Crippen molar-refractivity contribution < 1.29 is 4.74 Å². The predicted molar refractivity (Wildman–Crippen MR) is 72.1 cm³/mol. The third-order valence-corrected chi connectivity index (χ3v) is 4.65. The first kappa shape index (κ1) is 13.4. The number of rotatable bonds is 5. The monoisotopic (exact) mass is 239 g/mol. The van der Waals surface area contributed by atoms with Crippen LogP contribution in [0.25, 0.3) is 0 Å². The molecule has 2 nitrogen and oxygen atoms in total. The van der Waals surface area contributed by atoms with Crippen molar-refractivity contribution in [2.75, 3.05) is 19.8 Å². The SMILES string of the molecule is CCCNC(C1CCOCC1)C1CCC(C)C1. The van der Waals surface area contributed by atoms with Gasteiger partial charge in [-0.25, -0.2) is 0 Å². The van der Waals surface area contributed by atoms with Gasteiger partial charge in [0.15, 0.2) is 0 Å². The molecule has 100 valence electrons. The Morgan fingerprint density at radius 3 is 2.47 bits per heavy atom. The van der Waals surface area contributed by atoms with Crippen LogP contribution in [0.2, 0.25) is 0 Å². The van der Waals surface area contributed by atoms with Gasteiger partial charge in [-0.05, 0) is 56.4 Å². The average Bonchev–Trinajstić information content (AvgIpc) is 2.78. The van der Waals surface area contributed by atoms with Crippen LogP contribution in [0, 0.1) is 17.8 Å². The summed E-state index contributed by atoms with van der Waals surface area (Å²) in [5, 5.41) is 3.85. The average molecular weight is 239 g/mol. The molecule has 2 rings (SSSR count). The van der Waals surface area contributed by atoms with Crippen LogP contribution in [-0.4, -0.2) is 25.8 Å². The first-order valence-electron chi connectivity index (χ1n) is 7.62. The van der Waals surface area contributed by atoms with Crippen molar-refractivity contribution >= 4 is 0 Å². The lowest BCUT2D eigenvalue weighted by Crippen LogP contribution is -2.44. The molecule has 0 bridgehead atoms. The summed E-state index contributed by atoms with van der Waals surface area (Å²) in [7, 11) is 0. The molecule has 1 heterocycles. The van der Waals surface area contributed by atoms with Crippen molar-refractivity contribution in [1.82, 2.24) is 5.32 Å². The minimum atomic E-state index is 0.767. The minimum Gasteiger partial charge on any atom is -0.381 e. The Bertz CT molecular complexity index is 208. The van der Waals surface area contributed by atoms with Crippen LogP contribution in [0.5, 0.6) is 0 Å². The fourth-order valence-electron chi connectivity index (χ4n) is 3.68. The molecule has 3 atom stereocenters. The molecule has 1 N–H and O–H groups in total. The lowest BCUT2D eigenvalue weighted by atomic mass is 9.82. The summed E-state index contributed by atoms with van der Waals surface area (Å²) in [4.78, 5) is 0. The fourth-order valence-corrected chi connectivity index (χ4v) is 3.68. The molecule has 0 aromatic heterocycles. The van der Waals surface area contributed by atoms with Gasteiger partial charge < -0.3 is 10.1 Å². The maximum absolute atomic E-state index is 5.51. The van der Waals surface area contributed by atoms with E-state index >= 15 is 0 Å². The van der Waals surface area contributed by atoms with Gasteiger partial charge in [-0.1, -0.05) is 20.3 Å². The summed E-state index contributed by atoms with van der Waals surface area (Å²) in [6.45, 7) is 7.84. The highest BCUT2D eigenvalue weighted by Gasteiger charge is 2.34. The number of ether oxygens (including phenoxy) is 1. The van der Waals surface area contributed by atoms with Gasteiger partial charge >= 0.3 is 0 Å². The van der Waals surface area contributed by atoms with Gasteiger partial charge in [-0.3, -0.25) is 0 Å². The molecular formula is C15H29NO. The van der Waals surface area contributed by atoms with Gasteiger partial charge in [0.05, 0.1) is 0 Å². The molecule has 0 aromatic carbocycles. The molecule has 0 aromatic rings. The Labute approximate surface area is 107 Å². The van der Waals surface area contributed by atoms with E-state index in [9.17, 15) is 0 Å². The molecule has 0 radical (unpaired) electrons. The van der Waals surface area contributed by atoms with E-state index in [-0.39, 0.29) is 0 Å². The first-order valence-corrected chi connectivity index (χ1v) is 7.62. The van der Waals surface area contributed by atoms with E-state index in [1.165, 1.54) is 45.1 Å². The normalized spacial score (nSPS) is 32.8. The van der Waals surface area contributed by atoms with Crippen LogP contribution in [0.4, 0.5) is 0 Å². The van der Waals surface area contributed by atoms with Crippen LogP contribution in [0.3, 0.4) is 0 Å². The zero-order valence-corrected chi connectivity index (χ0v) is 11.6. The molecule has 0 amide bonds. The van der Waals surface area contributed by atoms with E-state index in [0.717, 1.165) is 37.0 Å². The van der Waals surface area contributed by atoms with Crippen LogP contribution >= 0.6 is 0 Å². The van der Waals surface area contributed by atoms with Crippen LogP contribution in [-0.2, 0) is 4.74 Å². The second kappa shape index (κ2) is 6.75. The Hall–Kier alpha value is -0.0800. The Morgan fingerprint density at radius 1 is 1.12 bits per heavy atom. The smallest absolute Gasteiger partial charge is 0.0469 e. The van der Waals surface area contributed by atoms with Crippen LogP contribution in [0.1, 0.15) is 52.4 Å². The highest BCUT2D eigenvalue weighted by atomic mass is 16.5. The van der Waals surface area contributed by atoms with E-state index in [1.807, 2.05) is 0 Å². The molecule has 2 aliphatic rings. The standard InChI is InChI=1S/C15H29NO/c1-3-8-16-15(13-6-9-17-10-7-13)14-5-4-12(2)11-14/h12-16H,3-11H2,1-2H3. The molecule has 1 aliphatic heterocycles. The third kappa shape index (κ3) is 3.69. The van der Waals surface area contributed by atoms with Crippen molar-refractivity contribution in [3.63, 3.8) is 0 Å². The number of hydrogen-bond donors (Lipinski definition) is 1. The van der Waals surface area contributed by atoms with Crippen molar-refractivity contribution in [2.45, 2.75) is 58.4 Å². The van der Waals surface area contributed by atoms with E-state index in [0.29, 0.717) is 0 Å². The highest BCUT2D eigenvalue weighted by Crippen LogP contribution is 2.37. The van der Waals surface area contributed by atoms with Crippen LogP contribution in [0.15, 0.2) is 0 Å². The summed E-state index contributed by atoms with van der Waals surface area (Å²) in [5.74, 6) is 2.75. The van der Waals surface area contributed by atoms with Gasteiger partial charge in [0.25, 0.3) is 0 Å². The largest absolute Gasteiger partial charge is 0.381 e. The maximum Gasteiger partial charge on any atom is 0.0469 e. The van der Waals surface area contributed by atoms with Crippen molar-refractivity contribution in [3.8, 4) is 0 Å². The van der Waals surface area contributed by atoms with E-state index in [4.69, 9.17) is 4.74 Å². The quantitative estimate of drug-likeness (QED) is 0.795. The first-order chi connectivity index (χ1) is 8.31. The van der Waals surface area contributed by atoms with Gasteiger partial charge in [0.2, 0.25) is 0 Å². The van der Waals surface area contributed by atoms with Crippen molar-refractivity contribution in [3.05, 3.63) is 0 Å². The molecule has 1 saturated heterocycles. The van der Waals surface area contributed by atoms with Gasteiger partial charge in [0.1, 0.15) is 0 Å². The van der Waals surface area contributed by atoms with E-state index in [1.54, 1.807) is 0 Å². The Morgan fingerprint density at radius 2 is 1.88 bits per heavy atom. The van der Waals surface area contributed by atoms with E-state index in [2.05, 4.69) is 19.2 Å². The third-order valence-electron chi connectivity index (χ3n) is 4.65. The molecular weight excluding hydrogens is 210 g/mol. The summed E-state index contributed by atoms with van der Waals surface area (Å²) < 4.78 is 5.51. The zero-order chi connectivity index (χ0) is 12.1. The molecule has 2 fully saturated rings. The van der Waals surface area contributed by atoms with Crippen LogP contribution < -0.4 is 5.32 Å². The van der Waals surface area contributed by atoms with Gasteiger partial charge in [0, 0.05) is 19.3 Å². The lowest BCUT2D eigenvalue weighted by Gasteiger charge is -2.35. The summed E-state index contributed by atoms with van der Waals surface area (Å²) in [6.07, 6.45) is 8.12. The molecule has 17 heavy (non-hydrogen) atoms. The summed E-state index contributed by atoms with van der Waals surface area (Å²) >= 11 is 0. The van der Waals surface area contributed by atoms with E-state index < -0.39 is 0 Å². The minimum absolute atomic E-state index is 0.767. The predicted octanol–water partition coefficient (Wildman–Crippen LogP) is 3.22. The zero-order valence-electron chi connectivity index (χ0n) is 11.6. The lowest BCUT2D eigenvalue weighted by molar-refractivity contribution is 0.0446.